The number of anilines is 1. The van der Waals surface area contributed by atoms with Crippen LogP contribution in [0.25, 0.3) is 16.6 Å². The van der Waals surface area contributed by atoms with Gasteiger partial charge in [0.05, 0.1) is 7.11 Å². The van der Waals surface area contributed by atoms with Crippen molar-refractivity contribution in [3.05, 3.63) is 30.4 Å². The van der Waals surface area contributed by atoms with Crippen molar-refractivity contribution in [1.82, 2.24) is 19.6 Å². The first-order valence-electron chi connectivity index (χ1n) is 8.29. The summed E-state index contributed by atoms with van der Waals surface area (Å²) >= 11 is 0. The molecule has 0 spiro atoms. The predicted molar refractivity (Wildman–Crippen MR) is 94.5 cm³/mol. The SMILES string of the molecule is COc1cccc2c1nc(NC(C)(C)C)n1nc(C3C[CH-]C3)nc21.[K+]. The Morgan fingerprint density at radius 2 is 2.00 bits per heavy atom. The molecule has 2 aromatic heterocycles. The first-order chi connectivity index (χ1) is 11.5. The van der Waals surface area contributed by atoms with Gasteiger partial charge in [0.2, 0.25) is 5.95 Å². The molecule has 25 heavy (non-hydrogen) atoms. The van der Waals surface area contributed by atoms with Crippen molar-refractivity contribution in [3.8, 4) is 5.75 Å². The molecule has 4 rings (SSSR count). The number of fused-ring (bicyclic) bond motifs is 3. The monoisotopic (exact) mass is 363 g/mol. The van der Waals surface area contributed by atoms with E-state index in [1.807, 2.05) is 22.7 Å². The Balaban J connectivity index is 0.00000182. The van der Waals surface area contributed by atoms with Crippen LogP contribution in [0.5, 0.6) is 5.75 Å². The molecule has 1 fully saturated rings. The van der Waals surface area contributed by atoms with E-state index >= 15 is 0 Å². The fourth-order valence-corrected chi connectivity index (χ4v) is 2.92. The van der Waals surface area contributed by atoms with E-state index in [-0.39, 0.29) is 56.9 Å². The maximum Gasteiger partial charge on any atom is 1.00 e. The van der Waals surface area contributed by atoms with Gasteiger partial charge in [-0.05, 0) is 38.8 Å². The van der Waals surface area contributed by atoms with E-state index in [9.17, 15) is 0 Å². The number of methoxy groups -OCH3 is 1. The summed E-state index contributed by atoms with van der Waals surface area (Å²) in [6, 6.07) is 5.91. The van der Waals surface area contributed by atoms with Crippen molar-refractivity contribution in [3.63, 3.8) is 0 Å². The molecule has 2 heterocycles. The van der Waals surface area contributed by atoms with Gasteiger partial charge in [0.1, 0.15) is 17.1 Å². The van der Waals surface area contributed by atoms with Gasteiger partial charge in [0.25, 0.3) is 0 Å². The Morgan fingerprint density at radius 1 is 1.24 bits per heavy atom. The Morgan fingerprint density at radius 3 is 2.60 bits per heavy atom. The molecule has 0 radical (unpaired) electrons. The van der Waals surface area contributed by atoms with Gasteiger partial charge < -0.3 is 16.5 Å². The van der Waals surface area contributed by atoms with Gasteiger partial charge in [-0.2, -0.15) is 17.4 Å². The van der Waals surface area contributed by atoms with Crippen LogP contribution in [0.1, 0.15) is 45.4 Å². The predicted octanol–water partition coefficient (Wildman–Crippen LogP) is 0.582. The van der Waals surface area contributed by atoms with Crippen LogP contribution in [0.4, 0.5) is 5.95 Å². The average molecular weight is 364 g/mol. The molecule has 1 N–H and O–H groups in total. The summed E-state index contributed by atoms with van der Waals surface area (Å²) in [4.78, 5) is 9.62. The van der Waals surface area contributed by atoms with Gasteiger partial charge >= 0.3 is 51.4 Å². The summed E-state index contributed by atoms with van der Waals surface area (Å²) in [5.74, 6) is 2.75. The number of benzene rings is 1. The fraction of sp³-hybridized carbons (Fsp3) is 0.444. The van der Waals surface area contributed by atoms with Crippen molar-refractivity contribution in [1.29, 1.82) is 0 Å². The summed E-state index contributed by atoms with van der Waals surface area (Å²) in [6.07, 6.45) is 4.37. The van der Waals surface area contributed by atoms with Crippen LogP contribution in [-0.4, -0.2) is 32.2 Å². The van der Waals surface area contributed by atoms with E-state index in [4.69, 9.17) is 19.8 Å². The minimum atomic E-state index is -0.133. The molecule has 0 bridgehead atoms. The Hall–Kier alpha value is -0.734. The third-order valence-corrected chi connectivity index (χ3v) is 4.26. The van der Waals surface area contributed by atoms with E-state index in [0.29, 0.717) is 11.9 Å². The van der Waals surface area contributed by atoms with Crippen LogP contribution in [0.2, 0.25) is 0 Å². The van der Waals surface area contributed by atoms with Crippen LogP contribution in [0.15, 0.2) is 18.2 Å². The summed E-state index contributed by atoms with van der Waals surface area (Å²) in [5.41, 5.74) is 1.50. The van der Waals surface area contributed by atoms with Gasteiger partial charge in [0, 0.05) is 10.9 Å². The normalized spacial score (nSPS) is 15.0. The topological polar surface area (TPSA) is 64.3 Å². The summed E-state index contributed by atoms with van der Waals surface area (Å²) in [6.45, 7) is 6.31. The number of para-hydroxylation sites is 1. The number of ether oxygens (including phenoxy) is 1. The number of rotatable bonds is 3. The van der Waals surface area contributed by atoms with Crippen LogP contribution in [0.3, 0.4) is 0 Å². The molecule has 6 nitrogen and oxygen atoms in total. The van der Waals surface area contributed by atoms with Gasteiger partial charge in [-0.25, -0.2) is 9.97 Å². The second-order valence-corrected chi connectivity index (χ2v) is 7.33. The minimum absolute atomic E-state index is 0. The molecule has 0 unspecified atom stereocenters. The molecule has 0 saturated heterocycles. The van der Waals surface area contributed by atoms with Crippen molar-refractivity contribution >= 4 is 22.5 Å². The molecule has 1 saturated carbocycles. The van der Waals surface area contributed by atoms with E-state index in [1.54, 1.807) is 7.11 Å². The van der Waals surface area contributed by atoms with Crippen molar-refractivity contribution in [2.75, 3.05) is 12.4 Å². The van der Waals surface area contributed by atoms with Crippen LogP contribution >= 0.6 is 0 Å². The van der Waals surface area contributed by atoms with E-state index in [0.717, 1.165) is 41.0 Å². The first-order valence-corrected chi connectivity index (χ1v) is 8.29. The van der Waals surface area contributed by atoms with Gasteiger partial charge in [0.15, 0.2) is 5.65 Å². The van der Waals surface area contributed by atoms with Crippen LogP contribution in [0, 0.1) is 6.42 Å². The van der Waals surface area contributed by atoms with E-state index in [1.165, 1.54) is 0 Å². The molecule has 1 aliphatic rings. The number of hydrogen-bond acceptors (Lipinski definition) is 5. The van der Waals surface area contributed by atoms with Gasteiger partial charge in [-0.15, -0.1) is 5.10 Å². The smallest absolute Gasteiger partial charge is 0.494 e. The van der Waals surface area contributed by atoms with Crippen molar-refractivity contribution in [2.45, 2.75) is 45.1 Å². The molecular weight excluding hydrogens is 341 g/mol. The number of nitrogens with one attached hydrogen (secondary N) is 1. The van der Waals surface area contributed by atoms with E-state index < -0.39 is 0 Å². The summed E-state index contributed by atoms with van der Waals surface area (Å²) < 4.78 is 7.33. The Kier molecular flexibility index (Phi) is 5.42. The zero-order chi connectivity index (χ0) is 16.9. The standard InChI is InChI=1S/C18H22N5O.K/c1-18(2,3)21-17-19-14-12(9-6-10-13(14)24-4)16-20-15(22-23(16)17)11-7-5-8-11;/h5-6,9-11H,7-8H2,1-4H3,(H,19,21);/q-1;+1. The molecular formula is C18H22KN5O. The third kappa shape index (κ3) is 3.57. The van der Waals surface area contributed by atoms with E-state index in [2.05, 4.69) is 32.5 Å². The molecule has 0 amide bonds. The maximum atomic E-state index is 5.50. The number of nitrogens with zero attached hydrogens (tertiary/aromatic N) is 4. The van der Waals surface area contributed by atoms with Gasteiger partial charge in [-0.1, -0.05) is 6.07 Å². The largest absolute Gasteiger partial charge is 1.00 e. The second kappa shape index (κ2) is 7.11. The zero-order valence-electron chi connectivity index (χ0n) is 15.5. The molecule has 1 aromatic carbocycles. The third-order valence-electron chi connectivity index (χ3n) is 4.26. The quantitative estimate of drug-likeness (QED) is 0.545. The fourth-order valence-electron chi connectivity index (χ4n) is 2.92. The summed E-state index contributed by atoms with van der Waals surface area (Å²) in [5, 5.41) is 9.14. The molecule has 3 aromatic rings. The Bertz CT molecular complexity index is 911. The molecule has 126 valence electrons. The number of hydrogen-bond donors (Lipinski definition) is 1. The van der Waals surface area contributed by atoms with Crippen LogP contribution in [-0.2, 0) is 0 Å². The van der Waals surface area contributed by atoms with Crippen molar-refractivity contribution in [2.24, 2.45) is 0 Å². The summed E-state index contributed by atoms with van der Waals surface area (Å²) in [7, 11) is 1.66. The zero-order valence-corrected chi connectivity index (χ0v) is 18.6. The van der Waals surface area contributed by atoms with Crippen molar-refractivity contribution < 1.29 is 56.1 Å². The molecule has 1 aliphatic carbocycles. The Labute approximate surface area is 190 Å². The molecule has 7 heteroatoms. The first kappa shape index (κ1) is 19.0. The van der Waals surface area contributed by atoms with Crippen LogP contribution < -0.4 is 61.4 Å². The molecule has 0 atom stereocenters. The average Bonchev–Trinajstić information content (AvgIpc) is 2.88. The second-order valence-electron chi connectivity index (χ2n) is 7.33. The van der Waals surface area contributed by atoms with Gasteiger partial charge in [-0.3, -0.25) is 0 Å². The molecule has 0 aliphatic heterocycles. The minimum Gasteiger partial charge on any atom is -0.494 e. The maximum absolute atomic E-state index is 5.50. The number of aromatic nitrogens is 4.